The lowest BCUT2D eigenvalue weighted by atomic mass is 9.93. The van der Waals surface area contributed by atoms with Gasteiger partial charge < -0.3 is 9.30 Å². The highest BCUT2D eigenvalue weighted by Crippen LogP contribution is 2.36. The minimum Gasteiger partial charge on any atom is -0.467 e. The van der Waals surface area contributed by atoms with E-state index in [1.807, 2.05) is 0 Å². The van der Waals surface area contributed by atoms with Crippen molar-refractivity contribution in [1.82, 2.24) is 19.5 Å². The van der Waals surface area contributed by atoms with Gasteiger partial charge in [-0.2, -0.15) is 4.98 Å². The van der Waals surface area contributed by atoms with E-state index in [0.717, 1.165) is 24.1 Å². The molecule has 2 aromatic heterocycles. The molecular formula is C20H19FN4O2. The van der Waals surface area contributed by atoms with Gasteiger partial charge in [-0.15, -0.1) is 0 Å². The monoisotopic (exact) mass is 366 g/mol. The van der Waals surface area contributed by atoms with Crippen LogP contribution in [-0.2, 0) is 4.79 Å². The number of ketones is 1. The van der Waals surface area contributed by atoms with E-state index in [1.165, 1.54) is 19.2 Å². The lowest BCUT2D eigenvalue weighted by Crippen LogP contribution is -2.18. The Morgan fingerprint density at radius 1 is 1.11 bits per heavy atom. The summed E-state index contributed by atoms with van der Waals surface area (Å²) in [4.78, 5) is 24.8. The number of aromatic nitrogens is 4. The number of benzene rings is 1. The van der Waals surface area contributed by atoms with Crippen molar-refractivity contribution >= 4 is 5.78 Å². The third-order valence-electron chi connectivity index (χ3n) is 4.88. The number of Topliss-reactive ketones (excluding diaryl/α,β-unsaturated/α-hetero) is 1. The lowest BCUT2D eigenvalue weighted by Gasteiger charge is -2.24. The molecule has 2 heterocycles. The first-order valence-electron chi connectivity index (χ1n) is 8.87. The molecule has 7 heteroatoms. The number of rotatable bonds is 4. The van der Waals surface area contributed by atoms with Crippen LogP contribution < -0.4 is 4.74 Å². The number of nitrogens with zero attached hydrogens (tertiary/aromatic N) is 4. The van der Waals surface area contributed by atoms with Gasteiger partial charge in [-0.1, -0.05) is 0 Å². The second kappa shape index (κ2) is 7.26. The van der Waals surface area contributed by atoms with E-state index in [-0.39, 0.29) is 17.9 Å². The molecule has 0 atom stereocenters. The Morgan fingerprint density at radius 3 is 2.56 bits per heavy atom. The maximum absolute atomic E-state index is 13.4. The van der Waals surface area contributed by atoms with Gasteiger partial charge in [-0.05, 0) is 43.2 Å². The van der Waals surface area contributed by atoms with Crippen molar-refractivity contribution in [2.45, 2.75) is 31.7 Å². The van der Waals surface area contributed by atoms with Crippen molar-refractivity contribution in [3.63, 3.8) is 0 Å². The fourth-order valence-electron chi connectivity index (χ4n) is 3.48. The molecule has 0 bridgehead atoms. The largest absolute Gasteiger partial charge is 0.467 e. The Bertz CT molecular complexity index is 958. The zero-order chi connectivity index (χ0) is 18.8. The molecule has 3 aromatic rings. The highest BCUT2D eigenvalue weighted by Gasteiger charge is 2.25. The Labute approximate surface area is 156 Å². The van der Waals surface area contributed by atoms with Crippen LogP contribution in [0.25, 0.3) is 22.6 Å². The second-order valence-electron chi connectivity index (χ2n) is 6.55. The predicted octanol–water partition coefficient (Wildman–Crippen LogP) is 3.84. The highest BCUT2D eigenvalue weighted by atomic mass is 19.1. The van der Waals surface area contributed by atoms with Crippen LogP contribution in [0.3, 0.4) is 0 Å². The Kier molecular flexibility index (Phi) is 4.66. The van der Waals surface area contributed by atoms with Gasteiger partial charge in [-0.25, -0.2) is 14.4 Å². The molecule has 0 radical (unpaired) electrons. The van der Waals surface area contributed by atoms with Gasteiger partial charge in [-0.3, -0.25) is 4.79 Å². The molecule has 0 saturated heterocycles. The topological polar surface area (TPSA) is 69.9 Å². The fourth-order valence-corrected chi connectivity index (χ4v) is 3.48. The van der Waals surface area contributed by atoms with Crippen molar-refractivity contribution in [3.8, 4) is 28.7 Å². The normalized spacial score (nSPS) is 15.1. The number of methoxy groups -OCH3 is 1. The second-order valence-corrected chi connectivity index (χ2v) is 6.55. The van der Waals surface area contributed by atoms with Crippen molar-refractivity contribution in [1.29, 1.82) is 0 Å². The first-order chi connectivity index (χ1) is 13.2. The molecule has 0 spiro atoms. The number of halogens is 1. The van der Waals surface area contributed by atoms with Gasteiger partial charge in [0, 0.05) is 30.6 Å². The molecule has 6 nitrogen and oxygen atoms in total. The fraction of sp³-hybridized carbons (Fsp3) is 0.300. The van der Waals surface area contributed by atoms with Gasteiger partial charge in [0.15, 0.2) is 0 Å². The molecule has 1 aliphatic carbocycles. The smallest absolute Gasteiger partial charge is 0.316 e. The summed E-state index contributed by atoms with van der Waals surface area (Å²) in [7, 11) is 1.52. The van der Waals surface area contributed by atoms with Crippen molar-refractivity contribution in [2.75, 3.05) is 7.11 Å². The number of carbonyl (C=O) groups is 1. The maximum atomic E-state index is 13.4. The lowest BCUT2D eigenvalue weighted by molar-refractivity contribution is -0.120. The van der Waals surface area contributed by atoms with E-state index in [2.05, 4.69) is 19.5 Å². The molecular weight excluding hydrogens is 347 g/mol. The summed E-state index contributed by atoms with van der Waals surface area (Å²) in [6.07, 6.45) is 6.10. The third kappa shape index (κ3) is 3.45. The SMILES string of the molecule is COc1nccc(-c2c(-c3ccc(F)cc3)ncn2C2CCC(=O)CC2)n1. The first-order valence-corrected chi connectivity index (χ1v) is 8.87. The Morgan fingerprint density at radius 2 is 1.85 bits per heavy atom. The quantitative estimate of drug-likeness (QED) is 0.702. The van der Waals surface area contributed by atoms with E-state index in [0.29, 0.717) is 30.0 Å². The average molecular weight is 366 g/mol. The molecule has 138 valence electrons. The van der Waals surface area contributed by atoms with Crippen LogP contribution in [0.15, 0.2) is 42.9 Å². The third-order valence-corrected chi connectivity index (χ3v) is 4.88. The number of carbonyl (C=O) groups excluding carboxylic acids is 1. The molecule has 1 aromatic carbocycles. The number of ether oxygens (including phenoxy) is 1. The van der Waals surface area contributed by atoms with Gasteiger partial charge in [0.05, 0.1) is 30.5 Å². The van der Waals surface area contributed by atoms with E-state index in [9.17, 15) is 9.18 Å². The number of imidazole rings is 1. The molecule has 4 rings (SSSR count). The zero-order valence-corrected chi connectivity index (χ0v) is 14.9. The summed E-state index contributed by atoms with van der Waals surface area (Å²) in [6, 6.07) is 8.47. The van der Waals surface area contributed by atoms with Gasteiger partial charge in [0.25, 0.3) is 0 Å². The predicted molar refractivity (Wildman–Crippen MR) is 97.7 cm³/mol. The van der Waals surface area contributed by atoms with Crippen LogP contribution in [0, 0.1) is 5.82 Å². The van der Waals surface area contributed by atoms with E-state index >= 15 is 0 Å². The van der Waals surface area contributed by atoms with Crippen molar-refractivity contribution in [2.24, 2.45) is 0 Å². The standard InChI is InChI=1S/C20H19FN4O2/c1-27-20-22-11-10-17(24-20)19-18(13-2-4-14(21)5-3-13)23-12-25(19)15-6-8-16(26)9-7-15/h2-5,10-12,15H,6-9H2,1H3. The summed E-state index contributed by atoms with van der Waals surface area (Å²) in [5.74, 6) is 0.00427. The summed E-state index contributed by atoms with van der Waals surface area (Å²) in [6.45, 7) is 0. The summed E-state index contributed by atoms with van der Waals surface area (Å²) in [5.41, 5.74) is 3.01. The highest BCUT2D eigenvalue weighted by molar-refractivity contribution is 5.80. The van der Waals surface area contributed by atoms with E-state index in [1.54, 1.807) is 30.7 Å². The van der Waals surface area contributed by atoms with Crippen LogP contribution in [0.2, 0.25) is 0 Å². The molecule has 0 aliphatic heterocycles. The summed E-state index contributed by atoms with van der Waals surface area (Å²) >= 11 is 0. The van der Waals surface area contributed by atoms with Crippen LogP contribution in [0.1, 0.15) is 31.7 Å². The maximum Gasteiger partial charge on any atom is 0.316 e. The van der Waals surface area contributed by atoms with Crippen molar-refractivity contribution in [3.05, 3.63) is 48.7 Å². The molecule has 1 aliphatic rings. The van der Waals surface area contributed by atoms with E-state index < -0.39 is 0 Å². The zero-order valence-electron chi connectivity index (χ0n) is 14.9. The van der Waals surface area contributed by atoms with Crippen LogP contribution >= 0.6 is 0 Å². The average Bonchev–Trinajstić information content (AvgIpc) is 3.14. The van der Waals surface area contributed by atoms with Gasteiger partial charge in [0.2, 0.25) is 0 Å². The van der Waals surface area contributed by atoms with E-state index in [4.69, 9.17) is 4.74 Å². The van der Waals surface area contributed by atoms with Gasteiger partial charge in [0.1, 0.15) is 11.6 Å². The minimum absolute atomic E-state index is 0.167. The van der Waals surface area contributed by atoms with Crippen molar-refractivity contribution < 1.29 is 13.9 Å². The molecule has 1 saturated carbocycles. The number of hydrogen-bond donors (Lipinski definition) is 0. The molecule has 0 amide bonds. The molecule has 27 heavy (non-hydrogen) atoms. The first kappa shape index (κ1) is 17.3. The number of hydrogen-bond acceptors (Lipinski definition) is 5. The van der Waals surface area contributed by atoms with Crippen LogP contribution in [0.5, 0.6) is 6.01 Å². The Hall–Kier alpha value is -3.09. The van der Waals surface area contributed by atoms with Gasteiger partial charge >= 0.3 is 6.01 Å². The summed E-state index contributed by atoms with van der Waals surface area (Å²) in [5, 5.41) is 0. The van der Waals surface area contributed by atoms with Crippen LogP contribution in [-0.4, -0.2) is 32.4 Å². The summed E-state index contributed by atoms with van der Waals surface area (Å²) < 4.78 is 20.6. The minimum atomic E-state index is -0.297. The molecule has 0 unspecified atom stereocenters. The molecule has 1 fully saturated rings. The molecule has 0 N–H and O–H groups in total. The van der Waals surface area contributed by atoms with Crippen LogP contribution in [0.4, 0.5) is 4.39 Å². The Balaban J connectivity index is 1.84.